The Hall–Kier alpha value is -2.19. The Kier molecular flexibility index (Phi) is 5.19. The van der Waals surface area contributed by atoms with Crippen LogP contribution in [0.5, 0.6) is 0 Å². The number of para-hydroxylation sites is 2. The predicted molar refractivity (Wildman–Crippen MR) is 93.7 cm³/mol. The number of anilines is 1. The Morgan fingerprint density at radius 2 is 1.84 bits per heavy atom. The van der Waals surface area contributed by atoms with Gasteiger partial charge in [-0.25, -0.2) is 0 Å². The van der Waals surface area contributed by atoms with Crippen LogP contribution < -0.4 is 10.2 Å². The minimum absolute atomic E-state index is 0.0405. The molecule has 2 aliphatic heterocycles. The average molecular weight is 348 g/mol. The second kappa shape index (κ2) is 7.37. The number of benzene rings is 1. The quantitative estimate of drug-likeness (QED) is 0.645. The number of nitrogens with one attached hydrogen (secondary N) is 1. The van der Waals surface area contributed by atoms with Gasteiger partial charge in [0.1, 0.15) is 11.3 Å². The maximum Gasteiger partial charge on any atom is 0.292 e. The third-order valence-electron chi connectivity index (χ3n) is 5.18. The van der Waals surface area contributed by atoms with Crippen LogP contribution >= 0.6 is 0 Å². The van der Waals surface area contributed by atoms with E-state index in [4.69, 9.17) is 4.74 Å². The van der Waals surface area contributed by atoms with Crippen LogP contribution in [-0.4, -0.2) is 67.7 Å². The largest absolute Gasteiger partial charge is 0.368 e. The predicted octanol–water partition coefficient (Wildman–Crippen LogP) is 1.01. The van der Waals surface area contributed by atoms with Gasteiger partial charge in [0.05, 0.1) is 4.92 Å². The van der Waals surface area contributed by atoms with Crippen molar-refractivity contribution in [3.63, 3.8) is 0 Å². The number of nitro groups is 1. The van der Waals surface area contributed by atoms with Crippen molar-refractivity contribution >= 4 is 17.3 Å². The maximum absolute atomic E-state index is 13.0. The lowest BCUT2D eigenvalue weighted by molar-refractivity contribution is -0.384. The average Bonchev–Trinajstić information content (AvgIpc) is 2.68. The third-order valence-corrected chi connectivity index (χ3v) is 5.18. The number of carbonyl (C=O) groups excluding carboxylic acids is 1. The number of amides is 1. The first-order chi connectivity index (χ1) is 12.1. The van der Waals surface area contributed by atoms with E-state index in [1.54, 1.807) is 25.3 Å². The standard InChI is InChI=1S/C17H24N4O4/c1-25-17(6-8-18-9-7-17)16(22)20-12-10-19(11-13-20)14-4-2-3-5-15(14)21(23)24/h2-5,18H,6-13H2,1H3. The number of piperidine rings is 1. The SMILES string of the molecule is COC1(C(=O)N2CCN(c3ccccc3[N+](=O)[O-])CC2)CCNCC1. The van der Waals surface area contributed by atoms with Gasteiger partial charge in [-0.15, -0.1) is 0 Å². The number of nitro benzene ring substituents is 1. The molecule has 2 heterocycles. The molecule has 0 aromatic heterocycles. The third kappa shape index (κ3) is 3.45. The van der Waals surface area contributed by atoms with Crippen molar-refractivity contribution in [1.29, 1.82) is 0 Å². The molecule has 0 atom stereocenters. The summed E-state index contributed by atoms with van der Waals surface area (Å²) in [5, 5.41) is 14.5. The van der Waals surface area contributed by atoms with E-state index >= 15 is 0 Å². The first-order valence-electron chi connectivity index (χ1n) is 8.61. The minimum Gasteiger partial charge on any atom is -0.368 e. The number of methoxy groups -OCH3 is 1. The van der Waals surface area contributed by atoms with Crippen molar-refractivity contribution in [3.05, 3.63) is 34.4 Å². The first-order valence-corrected chi connectivity index (χ1v) is 8.61. The lowest BCUT2D eigenvalue weighted by Gasteiger charge is -2.42. The van der Waals surface area contributed by atoms with Crippen LogP contribution in [0.3, 0.4) is 0 Å². The van der Waals surface area contributed by atoms with Crippen LogP contribution in [0.25, 0.3) is 0 Å². The number of ether oxygens (including phenoxy) is 1. The van der Waals surface area contributed by atoms with Gasteiger partial charge in [-0.3, -0.25) is 14.9 Å². The summed E-state index contributed by atoms with van der Waals surface area (Å²) < 4.78 is 5.62. The fourth-order valence-electron chi connectivity index (χ4n) is 3.66. The minimum atomic E-state index is -0.730. The molecule has 2 aliphatic rings. The highest BCUT2D eigenvalue weighted by Gasteiger charge is 2.43. The van der Waals surface area contributed by atoms with Crippen molar-refractivity contribution in [1.82, 2.24) is 10.2 Å². The second-order valence-corrected chi connectivity index (χ2v) is 6.47. The van der Waals surface area contributed by atoms with E-state index in [9.17, 15) is 14.9 Å². The zero-order chi connectivity index (χ0) is 17.9. The van der Waals surface area contributed by atoms with Crippen LogP contribution in [0.15, 0.2) is 24.3 Å². The summed E-state index contributed by atoms with van der Waals surface area (Å²) in [6.45, 7) is 3.79. The van der Waals surface area contributed by atoms with Gasteiger partial charge in [-0.05, 0) is 32.0 Å². The molecule has 1 aromatic carbocycles. The van der Waals surface area contributed by atoms with E-state index in [1.807, 2.05) is 9.80 Å². The Morgan fingerprint density at radius 3 is 2.44 bits per heavy atom. The molecule has 3 rings (SSSR count). The van der Waals surface area contributed by atoms with Gasteiger partial charge < -0.3 is 19.9 Å². The van der Waals surface area contributed by atoms with Crippen molar-refractivity contribution in [3.8, 4) is 0 Å². The van der Waals surface area contributed by atoms with Gasteiger partial charge in [-0.2, -0.15) is 0 Å². The highest BCUT2D eigenvalue weighted by atomic mass is 16.6. The van der Waals surface area contributed by atoms with Gasteiger partial charge in [0, 0.05) is 39.4 Å². The molecular formula is C17H24N4O4. The Balaban J connectivity index is 1.68. The summed E-state index contributed by atoms with van der Waals surface area (Å²) in [5.74, 6) is 0.0405. The molecule has 0 saturated carbocycles. The van der Waals surface area contributed by atoms with Gasteiger partial charge >= 0.3 is 0 Å². The van der Waals surface area contributed by atoms with Crippen molar-refractivity contribution in [2.45, 2.75) is 18.4 Å². The summed E-state index contributed by atoms with van der Waals surface area (Å²) in [7, 11) is 1.60. The fraction of sp³-hybridized carbons (Fsp3) is 0.588. The van der Waals surface area contributed by atoms with E-state index < -0.39 is 5.60 Å². The topological polar surface area (TPSA) is 88.0 Å². The van der Waals surface area contributed by atoms with Crippen LogP contribution in [0, 0.1) is 10.1 Å². The highest BCUT2D eigenvalue weighted by Crippen LogP contribution is 2.30. The molecule has 0 unspecified atom stereocenters. The molecule has 136 valence electrons. The van der Waals surface area contributed by atoms with Crippen molar-refractivity contribution < 1.29 is 14.5 Å². The van der Waals surface area contributed by atoms with Crippen LogP contribution in [0.1, 0.15) is 12.8 Å². The summed E-state index contributed by atoms with van der Waals surface area (Å²) in [6.07, 6.45) is 1.35. The fourth-order valence-corrected chi connectivity index (χ4v) is 3.66. The van der Waals surface area contributed by atoms with E-state index in [2.05, 4.69) is 5.32 Å². The molecule has 0 radical (unpaired) electrons. The lowest BCUT2D eigenvalue weighted by Crippen LogP contribution is -2.59. The maximum atomic E-state index is 13.0. The number of rotatable bonds is 4. The molecule has 8 heteroatoms. The van der Waals surface area contributed by atoms with Crippen LogP contribution in [0.2, 0.25) is 0 Å². The van der Waals surface area contributed by atoms with E-state index in [0.717, 1.165) is 13.1 Å². The Morgan fingerprint density at radius 1 is 1.20 bits per heavy atom. The number of nitrogens with zero attached hydrogens (tertiary/aromatic N) is 3. The first kappa shape index (κ1) is 17.6. The van der Waals surface area contributed by atoms with Gasteiger partial charge in [-0.1, -0.05) is 12.1 Å². The Bertz CT molecular complexity index is 637. The van der Waals surface area contributed by atoms with E-state index in [0.29, 0.717) is 44.7 Å². The molecule has 1 aromatic rings. The van der Waals surface area contributed by atoms with E-state index in [1.165, 1.54) is 6.07 Å². The number of piperazine rings is 1. The monoisotopic (exact) mass is 348 g/mol. The van der Waals surface area contributed by atoms with Crippen molar-refractivity contribution in [2.75, 3.05) is 51.3 Å². The molecule has 25 heavy (non-hydrogen) atoms. The Labute approximate surface area is 146 Å². The summed E-state index contributed by atoms with van der Waals surface area (Å²) in [6, 6.07) is 6.75. The highest BCUT2D eigenvalue weighted by molar-refractivity contribution is 5.86. The molecule has 0 spiro atoms. The summed E-state index contributed by atoms with van der Waals surface area (Å²) in [4.78, 5) is 27.6. The number of hydrogen-bond acceptors (Lipinski definition) is 6. The summed E-state index contributed by atoms with van der Waals surface area (Å²) in [5.41, 5.74) is -0.0106. The molecule has 1 N–H and O–H groups in total. The normalized spacial score (nSPS) is 20.4. The smallest absolute Gasteiger partial charge is 0.292 e. The van der Waals surface area contributed by atoms with Crippen LogP contribution in [0.4, 0.5) is 11.4 Å². The molecule has 0 aliphatic carbocycles. The van der Waals surface area contributed by atoms with Crippen LogP contribution in [-0.2, 0) is 9.53 Å². The molecule has 8 nitrogen and oxygen atoms in total. The molecular weight excluding hydrogens is 324 g/mol. The number of carbonyl (C=O) groups is 1. The van der Waals surface area contributed by atoms with Gasteiger partial charge in [0.15, 0.2) is 0 Å². The molecule has 2 fully saturated rings. The van der Waals surface area contributed by atoms with Gasteiger partial charge in [0.2, 0.25) is 0 Å². The molecule has 2 saturated heterocycles. The van der Waals surface area contributed by atoms with Gasteiger partial charge in [0.25, 0.3) is 11.6 Å². The number of hydrogen-bond donors (Lipinski definition) is 1. The van der Waals surface area contributed by atoms with E-state index in [-0.39, 0.29) is 16.5 Å². The molecule has 0 bridgehead atoms. The zero-order valence-electron chi connectivity index (χ0n) is 14.4. The zero-order valence-corrected chi connectivity index (χ0v) is 14.4. The lowest BCUT2D eigenvalue weighted by atomic mass is 9.90. The molecule has 1 amide bonds. The van der Waals surface area contributed by atoms with Crippen molar-refractivity contribution in [2.24, 2.45) is 0 Å². The summed E-state index contributed by atoms with van der Waals surface area (Å²) >= 11 is 0. The second-order valence-electron chi connectivity index (χ2n) is 6.47.